The van der Waals surface area contributed by atoms with Crippen LogP contribution in [-0.4, -0.2) is 48.8 Å². The van der Waals surface area contributed by atoms with Crippen LogP contribution in [0.4, 0.5) is 0 Å². The summed E-state index contributed by atoms with van der Waals surface area (Å²) in [6.45, 7) is 1.33. The number of hydrogen-bond donors (Lipinski definition) is 0. The molecule has 1 saturated heterocycles. The molecule has 6 heteroatoms. The van der Waals surface area contributed by atoms with Gasteiger partial charge < -0.3 is 9.80 Å². The molecule has 2 amide bonds. The van der Waals surface area contributed by atoms with Crippen LogP contribution in [0.25, 0.3) is 0 Å². The number of hydrogen-bond acceptors (Lipinski definition) is 3. The quantitative estimate of drug-likeness (QED) is 0.826. The summed E-state index contributed by atoms with van der Waals surface area (Å²) in [4.78, 5) is 27.6. The second kappa shape index (κ2) is 6.05. The van der Waals surface area contributed by atoms with Gasteiger partial charge in [0.15, 0.2) is 0 Å². The highest BCUT2D eigenvalue weighted by atomic mass is 79.9. The lowest BCUT2D eigenvalue weighted by Gasteiger charge is -2.32. The van der Waals surface area contributed by atoms with Crippen LogP contribution in [0, 0.1) is 5.92 Å². The molecule has 104 valence electrons. The summed E-state index contributed by atoms with van der Waals surface area (Å²) in [7, 11) is 3.56. The van der Waals surface area contributed by atoms with Gasteiger partial charge in [-0.1, -0.05) is 0 Å². The van der Waals surface area contributed by atoms with E-state index in [2.05, 4.69) is 15.9 Å². The van der Waals surface area contributed by atoms with E-state index in [1.54, 1.807) is 19.0 Å². The third-order valence-corrected chi connectivity index (χ3v) is 4.89. The number of piperidine rings is 1. The van der Waals surface area contributed by atoms with E-state index in [4.69, 9.17) is 0 Å². The molecule has 19 heavy (non-hydrogen) atoms. The van der Waals surface area contributed by atoms with Crippen LogP contribution in [0.2, 0.25) is 0 Å². The van der Waals surface area contributed by atoms with Crippen LogP contribution < -0.4 is 0 Å². The molecule has 0 saturated carbocycles. The molecule has 0 unspecified atom stereocenters. The lowest BCUT2D eigenvalue weighted by atomic mass is 9.95. The molecule has 1 fully saturated rings. The number of thiophene rings is 1. The fourth-order valence-electron chi connectivity index (χ4n) is 2.30. The van der Waals surface area contributed by atoms with Crippen LogP contribution in [0.15, 0.2) is 15.2 Å². The van der Waals surface area contributed by atoms with Crippen LogP contribution in [0.1, 0.15) is 23.2 Å². The van der Waals surface area contributed by atoms with Gasteiger partial charge in [-0.25, -0.2) is 0 Å². The van der Waals surface area contributed by atoms with Crippen LogP contribution in [0.5, 0.6) is 0 Å². The average molecular weight is 345 g/mol. The van der Waals surface area contributed by atoms with E-state index >= 15 is 0 Å². The molecule has 0 N–H and O–H groups in total. The highest BCUT2D eigenvalue weighted by Gasteiger charge is 2.28. The van der Waals surface area contributed by atoms with E-state index in [-0.39, 0.29) is 17.7 Å². The maximum atomic E-state index is 12.2. The zero-order valence-electron chi connectivity index (χ0n) is 11.1. The molecule has 0 aromatic carbocycles. The zero-order chi connectivity index (χ0) is 14.0. The molecule has 0 spiro atoms. The molecule has 1 aliphatic rings. The van der Waals surface area contributed by atoms with E-state index < -0.39 is 0 Å². The molecule has 2 heterocycles. The SMILES string of the molecule is CN(C)C(=O)C1CCN(C(=O)c2csc(Br)c2)CC1. The van der Waals surface area contributed by atoms with Gasteiger partial charge in [0.1, 0.15) is 0 Å². The molecule has 0 aliphatic carbocycles. The third-order valence-electron chi connectivity index (χ3n) is 3.39. The summed E-state index contributed by atoms with van der Waals surface area (Å²) in [6, 6.07) is 1.85. The average Bonchev–Trinajstić information content (AvgIpc) is 2.84. The van der Waals surface area contributed by atoms with Crippen molar-refractivity contribution in [1.29, 1.82) is 0 Å². The maximum absolute atomic E-state index is 12.2. The summed E-state index contributed by atoms with van der Waals surface area (Å²) in [5.74, 6) is 0.302. The van der Waals surface area contributed by atoms with Crippen LogP contribution >= 0.6 is 27.3 Å². The Labute approximate surface area is 125 Å². The molecule has 4 nitrogen and oxygen atoms in total. The van der Waals surface area contributed by atoms with Gasteiger partial charge in [-0.05, 0) is 34.8 Å². The Morgan fingerprint density at radius 2 is 2.00 bits per heavy atom. The van der Waals surface area contributed by atoms with Gasteiger partial charge in [-0.15, -0.1) is 11.3 Å². The lowest BCUT2D eigenvalue weighted by Crippen LogP contribution is -2.42. The van der Waals surface area contributed by atoms with Crippen molar-refractivity contribution in [2.45, 2.75) is 12.8 Å². The van der Waals surface area contributed by atoms with Crippen molar-refractivity contribution in [3.63, 3.8) is 0 Å². The van der Waals surface area contributed by atoms with E-state index in [1.807, 2.05) is 16.3 Å². The number of rotatable bonds is 2. The fraction of sp³-hybridized carbons (Fsp3) is 0.538. The van der Waals surface area contributed by atoms with Crippen molar-refractivity contribution in [3.8, 4) is 0 Å². The molecule has 0 bridgehead atoms. The van der Waals surface area contributed by atoms with Gasteiger partial charge in [0.25, 0.3) is 5.91 Å². The summed E-state index contributed by atoms with van der Waals surface area (Å²) in [5, 5.41) is 1.86. The fourth-order valence-corrected chi connectivity index (χ4v) is 3.43. The van der Waals surface area contributed by atoms with Crippen LogP contribution in [-0.2, 0) is 4.79 Å². The van der Waals surface area contributed by atoms with Crippen molar-refractivity contribution in [3.05, 3.63) is 20.8 Å². The predicted molar refractivity (Wildman–Crippen MR) is 79.3 cm³/mol. The summed E-state index contributed by atoms with van der Waals surface area (Å²) in [6.07, 6.45) is 1.52. The molecular weight excluding hydrogens is 328 g/mol. The third kappa shape index (κ3) is 3.36. The molecule has 1 aliphatic heterocycles. The van der Waals surface area contributed by atoms with Gasteiger partial charge in [-0.3, -0.25) is 9.59 Å². The molecular formula is C13H17BrN2O2S. The van der Waals surface area contributed by atoms with Gasteiger partial charge in [0.2, 0.25) is 5.91 Å². The lowest BCUT2D eigenvalue weighted by molar-refractivity contribution is -0.134. The van der Waals surface area contributed by atoms with E-state index in [0.29, 0.717) is 13.1 Å². The van der Waals surface area contributed by atoms with Crippen molar-refractivity contribution in [1.82, 2.24) is 9.80 Å². The Kier molecular flexibility index (Phi) is 4.62. The van der Waals surface area contributed by atoms with Gasteiger partial charge in [0, 0.05) is 38.5 Å². The van der Waals surface area contributed by atoms with Crippen molar-refractivity contribution >= 4 is 39.1 Å². The maximum Gasteiger partial charge on any atom is 0.254 e. The minimum atomic E-state index is 0.0632. The standard InChI is InChI=1S/C13H17BrN2O2S/c1-15(2)12(17)9-3-5-16(6-4-9)13(18)10-7-11(14)19-8-10/h7-9H,3-6H2,1-2H3. The minimum Gasteiger partial charge on any atom is -0.349 e. The molecule has 0 atom stereocenters. The molecule has 0 radical (unpaired) electrons. The number of carbonyl (C=O) groups excluding carboxylic acids is 2. The first-order chi connectivity index (χ1) is 8.99. The zero-order valence-corrected chi connectivity index (χ0v) is 13.5. The van der Waals surface area contributed by atoms with E-state index in [1.165, 1.54) is 11.3 Å². The second-order valence-corrected chi connectivity index (χ2v) is 7.23. The Balaban J connectivity index is 1.93. The van der Waals surface area contributed by atoms with Gasteiger partial charge in [0.05, 0.1) is 9.35 Å². The highest BCUT2D eigenvalue weighted by Crippen LogP contribution is 2.24. The Bertz CT molecular complexity index is 479. The normalized spacial score (nSPS) is 16.5. The van der Waals surface area contributed by atoms with Crippen LogP contribution in [0.3, 0.4) is 0 Å². The Morgan fingerprint density at radius 1 is 1.37 bits per heavy atom. The first kappa shape index (κ1) is 14.5. The largest absolute Gasteiger partial charge is 0.349 e. The number of nitrogens with zero attached hydrogens (tertiary/aromatic N) is 2. The second-order valence-electron chi connectivity index (χ2n) is 4.94. The molecule has 2 rings (SSSR count). The first-order valence-corrected chi connectivity index (χ1v) is 7.91. The topological polar surface area (TPSA) is 40.6 Å². The predicted octanol–water partition coefficient (Wildman–Crippen LogP) is 2.45. The molecule has 1 aromatic heterocycles. The smallest absolute Gasteiger partial charge is 0.254 e. The minimum absolute atomic E-state index is 0.0632. The van der Waals surface area contributed by atoms with Gasteiger partial charge >= 0.3 is 0 Å². The summed E-state index contributed by atoms with van der Waals surface area (Å²) >= 11 is 4.88. The highest BCUT2D eigenvalue weighted by molar-refractivity contribution is 9.11. The van der Waals surface area contributed by atoms with Gasteiger partial charge in [-0.2, -0.15) is 0 Å². The molecule has 1 aromatic rings. The van der Waals surface area contributed by atoms with E-state index in [0.717, 1.165) is 22.2 Å². The monoisotopic (exact) mass is 344 g/mol. The number of carbonyl (C=O) groups is 2. The van der Waals surface area contributed by atoms with Crippen molar-refractivity contribution < 1.29 is 9.59 Å². The van der Waals surface area contributed by atoms with Crippen molar-refractivity contribution in [2.24, 2.45) is 5.92 Å². The van der Waals surface area contributed by atoms with Crippen molar-refractivity contribution in [2.75, 3.05) is 27.2 Å². The number of halogens is 1. The Morgan fingerprint density at radius 3 is 2.47 bits per heavy atom. The van der Waals surface area contributed by atoms with E-state index in [9.17, 15) is 9.59 Å². The first-order valence-electron chi connectivity index (χ1n) is 6.23. The number of amides is 2. The summed E-state index contributed by atoms with van der Waals surface area (Å²) in [5.41, 5.74) is 0.731. The number of likely N-dealkylation sites (tertiary alicyclic amines) is 1. The summed E-state index contributed by atoms with van der Waals surface area (Å²) < 4.78 is 0.966. The Hall–Kier alpha value is -0.880.